The lowest BCUT2D eigenvalue weighted by atomic mass is 9.96. The van der Waals surface area contributed by atoms with Gasteiger partial charge < -0.3 is 25.4 Å². The van der Waals surface area contributed by atoms with Crippen LogP contribution in [0, 0.1) is 20.8 Å². The lowest BCUT2D eigenvalue weighted by molar-refractivity contribution is -0.140. The molecule has 0 aromatic heterocycles. The SMILES string of the molecule is C=CCN(C(=O)C(Cc1ccc(O)cc1)NC(=O)OC(C)(C)C)C(C(=O)Nc1c(C)cccc1C)c1ccccc1C. The molecule has 222 valence electrons. The van der Waals surface area contributed by atoms with Crippen molar-refractivity contribution >= 4 is 23.6 Å². The fourth-order valence-electron chi connectivity index (χ4n) is 4.73. The van der Waals surface area contributed by atoms with Crippen LogP contribution in [-0.2, 0) is 20.7 Å². The fraction of sp³-hybridized carbons (Fsp3) is 0.324. The minimum atomic E-state index is -1.08. The summed E-state index contributed by atoms with van der Waals surface area (Å²) >= 11 is 0. The van der Waals surface area contributed by atoms with E-state index < -0.39 is 35.6 Å². The molecule has 2 unspecified atom stereocenters. The molecule has 8 heteroatoms. The van der Waals surface area contributed by atoms with Gasteiger partial charge in [-0.3, -0.25) is 9.59 Å². The summed E-state index contributed by atoms with van der Waals surface area (Å²) < 4.78 is 5.47. The summed E-state index contributed by atoms with van der Waals surface area (Å²) in [5.41, 5.74) is 3.86. The second-order valence-electron chi connectivity index (χ2n) is 11.4. The molecule has 8 nitrogen and oxygen atoms in total. The summed E-state index contributed by atoms with van der Waals surface area (Å²) in [6, 6.07) is 17.4. The molecule has 0 saturated carbocycles. The predicted molar refractivity (Wildman–Crippen MR) is 165 cm³/mol. The van der Waals surface area contributed by atoms with Gasteiger partial charge in [0.15, 0.2) is 0 Å². The molecule has 3 rings (SSSR count). The van der Waals surface area contributed by atoms with Crippen LogP contribution in [0.5, 0.6) is 5.75 Å². The number of amides is 3. The van der Waals surface area contributed by atoms with E-state index in [1.807, 2.05) is 63.2 Å². The van der Waals surface area contributed by atoms with Gasteiger partial charge in [0.1, 0.15) is 23.4 Å². The van der Waals surface area contributed by atoms with Gasteiger partial charge in [0, 0.05) is 18.7 Å². The topological polar surface area (TPSA) is 108 Å². The number of aryl methyl sites for hydroxylation is 3. The third kappa shape index (κ3) is 8.46. The normalized spacial score (nSPS) is 12.5. The van der Waals surface area contributed by atoms with Gasteiger partial charge in [-0.05, 0) is 81.5 Å². The molecule has 3 aromatic rings. The van der Waals surface area contributed by atoms with Gasteiger partial charge in [0.05, 0.1) is 0 Å². The van der Waals surface area contributed by atoms with Gasteiger partial charge in [0.25, 0.3) is 5.91 Å². The van der Waals surface area contributed by atoms with E-state index >= 15 is 0 Å². The zero-order valence-electron chi connectivity index (χ0n) is 25.2. The quantitative estimate of drug-likeness (QED) is 0.253. The Morgan fingerprint density at radius 1 is 0.929 bits per heavy atom. The van der Waals surface area contributed by atoms with Crippen LogP contribution in [0.4, 0.5) is 10.5 Å². The van der Waals surface area contributed by atoms with E-state index in [2.05, 4.69) is 17.2 Å². The Balaban J connectivity index is 2.08. The number of nitrogens with one attached hydrogen (secondary N) is 2. The van der Waals surface area contributed by atoms with Gasteiger partial charge in [-0.15, -0.1) is 6.58 Å². The van der Waals surface area contributed by atoms with E-state index in [1.54, 1.807) is 39.0 Å². The lowest BCUT2D eigenvalue weighted by Gasteiger charge is -2.34. The van der Waals surface area contributed by atoms with Crippen LogP contribution in [0.3, 0.4) is 0 Å². The van der Waals surface area contributed by atoms with Crippen molar-refractivity contribution in [3.05, 3.63) is 107 Å². The largest absolute Gasteiger partial charge is 0.508 e. The number of benzene rings is 3. The Bertz CT molecular complexity index is 1410. The van der Waals surface area contributed by atoms with Gasteiger partial charge in [-0.1, -0.05) is 60.7 Å². The first-order valence-corrected chi connectivity index (χ1v) is 13.9. The number of phenols is 1. The molecular weight excluding hydrogens is 530 g/mol. The summed E-state index contributed by atoms with van der Waals surface area (Å²) in [4.78, 5) is 42.9. The van der Waals surface area contributed by atoms with E-state index in [0.29, 0.717) is 16.8 Å². The Labute approximate surface area is 248 Å². The predicted octanol–water partition coefficient (Wildman–Crippen LogP) is 6.15. The van der Waals surface area contributed by atoms with Gasteiger partial charge in [-0.25, -0.2) is 4.79 Å². The monoisotopic (exact) mass is 571 g/mol. The molecule has 0 bridgehead atoms. The standard InChI is InChI=1S/C34H41N3O5/c1-8-20-37(32(40)28(35-33(41)42-34(5,6)7)21-25-16-18-26(38)19-17-25)30(27-15-10-9-12-22(27)2)31(39)36-29-23(3)13-11-14-24(29)4/h8-19,28,30,38H,1,20-21H2,2-7H3,(H,35,41)(H,36,39). The van der Waals surface area contributed by atoms with Crippen LogP contribution in [-0.4, -0.2) is 46.1 Å². The minimum absolute atomic E-state index is 0.0418. The van der Waals surface area contributed by atoms with Crippen molar-refractivity contribution in [3.63, 3.8) is 0 Å². The first kappa shape index (κ1) is 31.9. The molecule has 42 heavy (non-hydrogen) atoms. The number of para-hydroxylation sites is 1. The highest BCUT2D eigenvalue weighted by Gasteiger charge is 2.36. The second-order valence-corrected chi connectivity index (χ2v) is 11.4. The Kier molecular flexibility index (Phi) is 10.5. The van der Waals surface area contributed by atoms with Crippen LogP contribution < -0.4 is 10.6 Å². The van der Waals surface area contributed by atoms with E-state index in [0.717, 1.165) is 16.7 Å². The van der Waals surface area contributed by atoms with Crippen molar-refractivity contribution in [2.45, 2.75) is 65.6 Å². The van der Waals surface area contributed by atoms with Gasteiger partial charge in [0.2, 0.25) is 5.91 Å². The first-order chi connectivity index (χ1) is 19.8. The summed E-state index contributed by atoms with van der Waals surface area (Å²) in [7, 11) is 0. The molecule has 0 spiro atoms. The van der Waals surface area contributed by atoms with Crippen LogP contribution in [0.1, 0.15) is 54.6 Å². The summed E-state index contributed by atoms with van der Waals surface area (Å²) in [6.45, 7) is 14.8. The number of alkyl carbamates (subject to hydrolysis) is 1. The van der Waals surface area contributed by atoms with Crippen molar-refractivity contribution < 1.29 is 24.2 Å². The molecule has 0 radical (unpaired) electrons. The van der Waals surface area contributed by atoms with Crippen molar-refractivity contribution in [3.8, 4) is 5.75 Å². The number of aromatic hydroxyl groups is 1. The minimum Gasteiger partial charge on any atom is -0.508 e. The van der Waals surface area contributed by atoms with E-state index in [9.17, 15) is 19.5 Å². The molecule has 0 aliphatic rings. The second kappa shape index (κ2) is 13.9. The number of nitrogens with zero attached hydrogens (tertiary/aromatic N) is 1. The number of carbonyl (C=O) groups excluding carboxylic acids is 3. The van der Waals surface area contributed by atoms with E-state index in [-0.39, 0.29) is 18.7 Å². The molecule has 3 N–H and O–H groups in total. The Morgan fingerprint density at radius 3 is 2.10 bits per heavy atom. The number of hydrogen-bond donors (Lipinski definition) is 3. The molecule has 0 aliphatic heterocycles. The smallest absolute Gasteiger partial charge is 0.408 e. The number of carbonyl (C=O) groups is 3. The average molecular weight is 572 g/mol. The highest BCUT2D eigenvalue weighted by molar-refractivity contribution is 6.00. The Hall–Kier alpha value is -4.59. The zero-order valence-corrected chi connectivity index (χ0v) is 25.2. The number of rotatable bonds is 10. The van der Waals surface area contributed by atoms with E-state index in [4.69, 9.17) is 4.74 Å². The maximum atomic E-state index is 14.4. The average Bonchev–Trinajstić information content (AvgIpc) is 2.91. The highest BCUT2D eigenvalue weighted by atomic mass is 16.6. The van der Waals surface area contributed by atoms with Crippen LogP contribution in [0.15, 0.2) is 79.4 Å². The Morgan fingerprint density at radius 2 is 1.52 bits per heavy atom. The summed E-state index contributed by atoms with van der Waals surface area (Å²) in [6.07, 6.45) is 0.900. The van der Waals surface area contributed by atoms with Crippen molar-refractivity contribution in [2.75, 3.05) is 11.9 Å². The van der Waals surface area contributed by atoms with Crippen molar-refractivity contribution in [1.82, 2.24) is 10.2 Å². The maximum Gasteiger partial charge on any atom is 0.408 e. The maximum absolute atomic E-state index is 14.4. The van der Waals surface area contributed by atoms with Gasteiger partial charge in [-0.2, -0.15) is 0 Å². The number of anilines is 1. The summed E-state index contributed by atoms with van der Waals surface area (Å²) in [5.74, 6) is -0.797. The fourth-order valence-corrected chi connectivity index (χ4v) is 4.73. The van der Waals surface area contributed by atoms with Crippen LogP contribution >= 0.6 is 0 Å². The number of ether oxygens (including phenoxy) is 1. The third-order valence-corrected chi connectivity index (χ3v) is 6.75. The van der Waals surface area contributed by atoms with Crippen molar-refractivity contribution in [2.24, 2.45) is 0 Å². The molecule has 3 amide bonds. The lowest BCUT2D eigenvalue weighted by Crippen LogP contribution is -2.53. The number of hydrogen-bond acceptors (Lipinski definition) is 5. The number of phenolic OH excluding ortho intramolecular Hbond substituents is 1. The zero-order chi connectivity index (χ0) is 31.0. The highest BCUT2D eigenvalue weighted by Crippen LogP contribution is 2.29. The third-order valence-electron chi connectivity index (χ3n) is 6.75. The molecule has 0 aliphatic carbocycles. The van der Waals surface area contributed by atoms with Crippen LogP contribution in [0.2, 0.25) is 0 Å². The summed E-state index contributed by atoms with van der Waals surface area (Å²) in [5, 5.41) is 15.5. The molecule has 0 fully saturated rings. The molecule has 0 heterocycles. The molecule has 0 saturated heterocycles. The van der Waals surface area contributed by atoms with E-state index in [1.165, 1.54) is 17.0 Å². The van der Waals surface area contributed by atoms with Crippen molar-refractivity contribution in [1.29, 1.82) is 0 Å². The van der Waals surface area contributed by atoms with Crippen LogP contribution in [0.25, 0.3) is 0 Å². The first-order valence-electron chi connectivity index (χ1n) is 13.9. The molecular formula is C34H41N3O5. The van der Waals surface area contributed by atoms with Gasteiger partial charge >= 0.3 is 6.09 Å². The molecule has 2 atom stereocenters. The molecule has 3 aromatic carbocycles.